The fourth-order valence-corrected chi connectivity index (χ4v) is 4.95. The van der Waals surface area contributed by atoms with Crippen LogP contribution in [0.2, 0.25) is 0 Å². The van der Waals surface area contributed by atoms with Crippen molar-refractivity contribution in [3.63, 3.8) is 0 Å². The van der Waals surface area contributed by atoms with E-state index in [1.807, 2.05) is 19.1 Å². The van der Waals surface area contributed by atoms with Gasteiger partial charge in [-0.25, -0.2) is 16.8 Å². The highest BCUT2D eigenvalue weighted by Gasteiger charge is 2.16. The van der Waals surface area contributed by atoms with E-state index in [9.17, 15) is 16.8 Å². The molecule has 0 saturated carbocycles. The summed E-state index contributed by atoms with van der Waals surface area (Å²) < 4.78 is 53.4. The summed E-state index contributed by atoms with van der Waals surface area (Å²) in [5.41, 5.74) is 18.6. The molecule has 170 valence electrons. The number of hydrogen-bond acceptors (Lipinski definition) is 4. The zero-order valence-corrected chi connectivity index (χ0v) is 19.2. The third kappa shape index (κ3) is 7.00. The standard InChI is InChI=1S/C20H24N6O4S2/c1-2-17(18-11-7-13-20(15-18)32(29,30)26-24-22)10-5-3-4-8-16-9-6-12-19(14-16)31(27,28)25-23-21/h6-7,9,11-15,17H,2-5,8,10H2,1H3. The Morgan fingerprint density at radius 3 is 2.03 bits per heavy atom. The Labute approximate surface area is 187 Å². The predicted octanol–water partition coefficient (Wildman–Crippen LogP) is 5.98. The molecule has 12 heteroatoms. The van der Waals surface area contributed by atoms with Crippen LogP contribution in [0.3, 0.4) is 0 Å². The Hall–Kier alpha value is -3.04. The van der Waals surface area contributed by atoms with Crippen molar-refractivity contribution in [2.75, 3.05) is 0 Å². The summed E-state index contributed by atoms with van der Waals surface area (Å²) >= 11 is 0. The van der Waals surface area contributed by atoms with Crippen molar-refractivity contribution in [2.24, 2.45) is 9.04 Å². The Bertz CT molecular complexity index is 1250. The molecule has 0 aromatic heterocycles. The van der Waals surface area contributed by atoms with Crippen molar-refractivity contribution in [1.82, 2.24) is 0 Å². The summed E-state index contributed by atoms with van der Waals surface area (Å²) in [6.45, 7) is 2.04. The minimum Gasteiger partial charge on any atom is -0.216 e. The fourth-order valence-electron chi connectivity index (χ4n) is 3.48. The third-order valence-corrected chi connectivity index (χ3v) is 7.40. The number of hydrogen-bond donors (Lipinski definition) is 0. The van der Waals surface area contributed by atoms with Crippen LogP contribution in [0.5, 0.6) is 0 Å². The van der Waals surface area contributed by atoms with Crippen molar-refractivity contribution >= 4 is 20.0 Å². The molecular weight excluding hydrogens is 452 g/mol. The Morgan fingerprint density at radius 2 is 1.44 bits per heavy atom. The molecule has 0 heterocycles. The van der Waals surface area contributed by atoms with Crippen molar-refractivity contribution in [3.05, 3.63) is 80.5 Å². The Kier molecular flexibility index (Phi) is 9.10. The number of nitrogens with zero attached hydrogens (tertiary/aromatic N) is 6. The van der Waals surface area contributed by atoms with Gasteiger partial charge in [0.05, 0.1) is 9.79 Å². The Balaban J connectivity index is 1.94. The van der Waals surface area contributed by atoms with Crippen LogP contribution in [0.4, 0.5) is 0 Å². The summed E-state index contributed by atoms with van der Waals surface area (Å²) in [5, 5.41) is 0. The van der Waals surface area contributed by atoms with Crippen LogP contribution in [0.1, 0.15) is 56.1 Å². The lowest BCUT2D eigenvalue weighted by atomic mass is 9.91. The minimum atomic E-state index is -4.01. The summed E-state index contributed by atoms with van der Waals surface area (Å²) in [6, 6.07) is 12.9. The fraction of sp³-hybridized carbons (Fsp3) is 0.400. The van der Waals surface area contributed by atoms with Gasteiger partial charge in [-0.15, -0.1) is 0 Å². The van der Waals surface area contributed by atoms with Crippen molar-refractivity contribution in [2.45, 2.75) is 61.2 Å². The SMILES string of the molecule is CCC(CCCCCc1cccc(S(=O)(=O)N=[N+]=[N-])c1)c1cccc(S(=O)(=O)N=[N+]=[N-])c1. The van der Waals surface area contributed by atoms with Gasteiger partial charge in [-0.05, 0) is 78.1 Å². The van der Waals surface area contributed by atoms with Crippen LogP contribution in [0.15, 0.2) is 67.4 Å². The topological polar surface area (TPSA) is 166 Å². The number of benzene rings is 2. The highest BCUT2D eigenvalue weighted by Crippen LogP contribution is 2.28. The third-order valence-electron chi connectivity index (χ3n) is 5.12. The van der Waals surface area contributed by atoms with Crippen LogP contribution in [0.25, 0.3) is 20.9 Å². The quantitative estimate of drug-likeness (QED) is 0.159. The minimum absolute atomic E-state index is 0.0122. The second-order valence-electron chi connectivity index (χ2n) is 7.22. The average Bonchev–Trinajstić information content (AvgIpc) is 2.76. The van der Waals surface area contributed by atoms with Gasteiger partial charge in [0.25, 0.3) is 20.0 Å². The van der Waals surface area contributed by atoms with Gasteiger partial charge in [-0.1, -0.05) is 44.0 Å². The largest absolute Gasteiger partial charge is 0.264 e. The molecule has 1 unspecified atom stereocenters. The number of rotatable bonds is 12. The van der Waals surface area contributed by atoms with Crippen LogP contribution in [-0.4, -0.2) is 16.8 Å². The lowest BCUT2D eigenvalue weighted by molar-refractivity contribution is 0.544. The van der Waals surface area contributed by atoms with E-state index in [0.29, 0.717) is 6.42 Å². The van der Waals surface area contributed by atoms with Gasteiger partial charge < -0.3 is 0 Å². The van der Waals surface area contributed by atoms with E-state index in [-0.39, 0.29) is 15.7 Å². The zero-order chi connectivity index (χ0) is 23.6. The molecule has 1 atom stereocenters. The van der Waals surface area contributed by atoms with Gasteiger partial charge in [0.15, 0.2) is 0 Å². The monoisotopic (exact) mass is 476 g/mol. The number of unbranched alkanes of at least 4 members (excludes halogenated alkanes) is 2. The van der Waals surface area contributed by atoms with Crippen LogP contribution >= 0.6 is 0 Å². The molecule has 32 heavy (non-hydrogen) atoms. The normalized spacial score (nSPS) is 12.4. The summed E-state index contributed by atoms with van der Waals surface area (Å²) in [7, 11) is -8.01. The first-order valence-corrected chi connectivity index (χ1v) is 12.9. The molecule has 0 aliphatic heterocycles. The molecule has 0 spiro atoms. The van der Waals surface area contributed by atoms with Crippen molar-refractivity contribution in [1.29, 1.82) is 0 Å². The second kappa shape index (κ2) is 11.5. The summed E-state index contributed by atoms with van der Waals surface area (Å²) in [5.74, 6) is 0.175. The van der Waals surface area contributed by atoms with Gasteiger partial charge in [0, 0.05) is 18.9 Å². The van der Waals surface area contributed by atoms with E-state index in [4.69, 9.17) is 11.1 Å². The molecule has 0 saturated heterocycles. The maximum Gasteiger partial charge on any atom is 0.264 e. The molecular formula is C20H24N6O4S2. The van der Waals surface area contributed by atoms with E-state index >= 15 is 0 Å². The number of aryl methyl sites for hydroxylation is 1. The maximum atomic E-state index is 12.0. The van der Waals surface area contributed by atoms with Gasteiger partial charge >= 0.3 is 0 Å². The van der Waals surface area contributed by atoms with E-state index in [0.717, 1.165) is 43.2 Å². The van der Waals surface area contributed by atoms with Gasteiger partial charge in [-0.2, -0.15) is 0 Å². The summed E-state index contributed by atoms with van der Waals surface area (Å²) in [6.07, 6.45) is 5.09. The summed E-state index contributed by atoms with van der Waals surface area (Å²) in [4.78, 5) is 4.71. The van der Waals surface area contributed by atoms with E-state index < -0.39 is 20.0 Å². The van der Waals surface area contributed by atoms with Gasteiger partial charge in [-0.3, -0.25) is 0 Å². The molecule has 0 amide bonds. The van der Waals surface area contributed by atoms with Crippen molar-refractivity contribution < 1.29 is 16.8 Å². The highest BCUT2D eigenvalue weighted by atomic mass is 32.2. The first kappa shape index (κ1) is 25.2. The molecule has 0 fully saturated rings. The van der Waals surface area contributed by atoms with E-state index in [1.165, 1.54) is 18.2 Å². The lowest BCUT2D eigenvalue weighted by Gasteiger charge is -2.16. The molecule has 0 aliphatic carbocycles. The van der Waals surface area contributed by atoms with Crippen LogP contribution in [-0.2, 0) is 26.5 Å². The van der Waals surface area contributed by atoms with Crippen molar-refractivity contribution in [3.8, 4) is 0 Å². The second-order valence-corrected chi connectivity index (χ2v) is 10.4. The molecule has 2 rings (SSSR count). The Morgan fingerprint density at radius 1 is 0.844 bits per heavy atom. The molecule has 2 aromatic carbocycles. The molecule has 0 N–H and O–H groups in total. The predicted molar refractivity (Wildman–Crippen MR) is 121 cm³/mol. The average molecular weight is 477 g/mol. The van der Waals surface area contributed by atoms with Gasteiger partial charge in [0.2, 0.25) is 0 Å². The molecule has 0 bridgehead atoms. The van der Waals surface area contributed by atoms with E-state index in [1.54, 1.807) is 18.2 Å². The maximum absolute atomic E-state index is 12.0. The lowest BCUT2D eigenvalue weighted by Crippen LogP contribution is -2.01. The smallest absolute Gasteiger partial charge is 0.216 e. The molecule has 10 nitrogen and oxygen atoms in total. The molecule has 0 radical (unpaired) electrons. The zero-order valence-electron chi connectivity index (χ0n) is 17.6. The number of azide groups is 2. The van der Waals surface area contributed by atoms with Crippen LogP contribution < -0.4 is 0 Å². The molecule has 2 aromatic rings. The first-order valence-electron chi connectivity index (χ1n) is 10.0. The van der Waals surface area contributed by atoms with Crippen LogP contribution in [0, 0.1) is 0 Å². The first-order chi connectivity index (χ1) is 15.2. The molecule has 0 aliphatic rings. The van der Waals surface area contributed by atoms with Gasteiger partial charge in [0.1, 0.15) is 0 Å². The highest BCUT2D eigenvalue weighted by molar-refractivity contribution is 7.90. The van der Waals surface area contributed by atoms with E-state index in [2.05, 4.69) is 18.9 Å². The number of sulfonamides is 2.